The van der Waals surface area contributed by atoms with Crippen LogP contribution in [0, 0.1) is 11.3 Å². The van der Waals surface area contributed by atoms with E-state index in [1.54, 1.807) is 0 Å². The zero-order valence-electron chi connectivity index (χ0n) is 10.9. The summed E-state index contributed by atoms with van der Waals surface area (Å²) in [5.74, 6) is 0.871. The van der Waals surface area contributed by atoms with E-state index in [9.17, 15) is 5.11 Å². The Kier molecular flexibility index (Phi) is 3.91. The average Bonchev–Trinajstić information content (AvgIpc) is 2.68. The van der Waals surface area contributed by atoms with Gasteiger partial charge in [0.25, 0.3) is 0 Å². The van der Waals surface area contributed by atoms with Crippen LogP contribution in [0.25, 0.3) is 0 Å². The van der Waals surface area contributed by atoms with Crippen molar-refractivity contribution in [3.05, 3.63) is 0 Å². The largest absolute Gasteiger partial charge is 0.396 e. The van der Waals surface area contributed by atoms with E-state index >= 15 is 0 Å². The zero-order valence-corrected chi connectivity index (χ0v) is 10.9. The summed E-state index contributed by atoms with van der Waals surface area (Å²) >= 11 is 0. The van der Waals surface area contributed by atoms with Gasteiger partial charge in [-0.3, -0.25) is 0 Å². The third-order valence-electron chi connectivity index (χ3n) is 4.90. The smallest absolute Gasteiger partial charge is 0.0499 e. The Hall–Kier alpha value is -0.0800. The molecule has 0 aromatic heterocycles. The summed E-state index contributed by atoms with van der Waals surface area (Å²) in [5.41, 5.74) is 0.227. The molecule has 0 aromatic carbocycles. The van der Waals surface area contributed by atoms with Crippen LogP contribution in [0.3, 0.4) is 0 Å². The Morgan fingerprint density at radius 2 is 1.88 bits per heavy atom. The molecule has 1 aliphatic heterocycles. The van der Waals surface area contributed by atoms with E-state index < -0.39 is 0 Å². The quantitative estimate of drug-likeness (QED) is 0.798. The summed E-state index contributed by atoms with van der Waals surface area (Å²) < 4.78 is 0. The van der Waals surface area contributed by atoms with Crippen LogP contribution in [0.15, 0.2) is 0 Å². The molecular formula is C14H27NO. The van der Waals surface area contributed by atoms with E-state index in [0.717, 1.165) is 18.5 Å². The van der Waals surface area contributed by atoms with Crippen LogP contribution >= 0.6 is 0 Å². The van der Waals surface area contributed by atoms with Crippen molar-refractivity contribution >= 4 is 0 Å². The fourth-order valence-corrected chi connectivity index (χ4v) is 3.40. The fourth-order valence-electron chi connectivity index (χ4n) is 3.40. The topological polar surface area (TPSA) is 23.5 Å². The van der Waals surface area contributed by atoms with Gasteiger partial charge in [-0.2, -0.15) is 0 Å². The zero-order chi connectivity index (χ0) is 11.6. The van der Waals surface area contributed by atoms with Crippen LogP contribution in [0.2, 0.25) is 0 Å². The molecule has 94 valence electrons. The maximum absolute atomic E-state index is 9.75. The molecule has 16 heavy (non-hydrogen) atoms. The molecule has 2 rings (SSSR count). The minimum Gasteiger partial charge on any atom is -0.396 e. The van der Waals surface area contributed by atoms with Crippen molar-refractivity contribution in [1.29, 1.82) is 0 Å². The second-order valence-corrected chi connectivity index (χ2v) is 6.30. The van der Waals surface area contributed by atoms with Gasteiger partial charge in [0, 0.05) is 24.6 Å². The SMILES string of the molecule is CC1CCC(CO)(CN2CCCC2C)CC1. The third kappa shape index (κ3) is 2.60. The van der Waals surface area contributed by atoms with Gasteiger partial charge < -0.3 is 10.0 Å². The van der Waals surface area contributed by atoms with Gasteiger partial charge in [0.2, 0.25) is 0 Å². The third-order valence-corrected chi connectivity index (χ3v) is 4.90. The lowest BCUT2D eigenvalue weighted by molar-refractivity contribution is 0.0274. The number of nitrogens with zero attached hydrogens (tertiary/aromatic N) is 1. The van der Waals surface area contributed by atoms with Gasteiger partial charge in [0.05, 0.1) is 0 Å². The molecule has 1 atom stereocenters. The van der Waals surface area contributed by atoms with E-state index in [1.165, 1.54) is 45.1 Å². The van der Waals surface area contributed by atoms with E-state index in [4.69, 9.17) is 0 Å². The highest BCUT2D eigenvalue weighted by molar-refractivity contribution is 4.89. The first-order valence-electron chi connectivity index (χ1n) is 7.00. The standard InChI is InChI=1S/C14H27NO/c1-12-5-7-14(11-16,8-6-12)10-15-9-3-4-13(15)2/h12-13,16H,3-11H2,1-2H3. The average molecular weight is 225 g/mol. The first-order chi connectivity index (χ1) is 7.65. The number of hydrogen-bond donors (Lipinski definition) is 1. The van der Waals surface area contributed by atoms with Gasteiger partial charge in [-0.05, 0) is 45.1 Å². The molecule has 0 spiro atoms. The summed E-state index contributed by atoms with van der Waals surface area (Å²) in [4.78, 5) is 2.60. The maximum Gasteiger partial charge on any atom is 0.0499 e. The van der Waals surface area contributed by atoms with Crippen molar-refractivity contribution in [1.82, 2.24) is 4.90 Å². The van der Waals surface area contributed by atoms with Crippen LogP contribution in [0.1, 0.15) is 52.4 Å². The Morgan fingerprint density at radius 3 is 2.38 bits per heavy atom. The minimum atomic E-state index is 0.227. The van der Waals surface area contributed by atoms with E-state index in [0.29, 0.717) is 6.61 Å². The van der Waals surface area contributed by atoms with Crippen molar-refractivity contribution < 1.29 is 5.11 Å². The monoisotopic (exact) mass is 225 g/mol. The number of likely N-dealkylation sites (tertiary alicyclic amines) is 1. The van der Waals surface area contributed by atoms with E-state index in [1.807, 2.05) is 0 Å². The van der Waals surface area contributed by atoms with Gasteiger partial charge in [0.15, 0.2) is 0 Å². The molecule has 1 N–H and O–H groups in total. The predicted octanol–water partition coefficient (Wildman–Crippen LogP) is 2.66. The van der Waals surface area contributed by atoms with Crippen LogP contribution < -0.4 is 0 Å². The molecule has 2 aliphatic rings. The predicted molar refractivity (Wildman–Crippen MR) is 67.4 cm³/mol. The van der Waals surface area contributed by atoms with Gasteiger partial charge in [-0.15, -0.1) is 0 Å². The molecule has 1 unspecified atom stereocenters. The molecule has 1 saturated heterocycles. The van der Waals surface area contributed by atoms with E-state index in [2.05, 4.69) is 18.7 Å². The lowest BCUT2D eigenvalue weighted by atomic mass is 9.71. The number of aliphatic hydroxyl groups excluding tert-OH is 1. The highest BCUT2D eigenvalue weighted by Gasteiger charge is 2.37. The summed E-state index contributed by atoms with van der Waals surface area (Å²) in [7, 11) is 0. The van der Waals surface area contributed by atoms with Gasteiger partial charge >= 0.3 is 0 Å². The number of aliphatic hydroxyl groups is 1. The van der Waals surface area contributed by atoms with Gasteiger partial charge in [-0.25, -0.2) is 0 Å². The Balaban J connectivity index is 1.93. The molecule has 0 radical (unpaired) electrons. The Morgan fingerprint density at radius 1 is 1.19 bits per heavy atom. The highest BCUT2D eigenvalue weighted by atomic mass is 16.3. The number of hydrogen-bond acceptors (Lipinski definition) is 2. The van der Waals surface area contributed by atoms with Gasteiger partial charge in [-0.1, -0.05) is 19.8 Å². The van der Waals surface area contributed by atoms with Crippen LogP contribution in [-0.2, 0) is 0 Å². The van der Waals surface area contributed by atoms with E-state index in [-0.39, 0.29) is 5.41 Å². The molecule has 2 fully saturated rings. The van der Waals surface area contributed by atoms with Crippen molar-refractivity contribution in [2.24, 2.45) is 11.3 Å². The highest BCUT2D eigenvalue weighted by Crippen LogP contribution is 2.40. The lowest BCUT2D eigenvalue weighted by Crippen LogP contribution is -2.43. The molecule has 0 amide bonds. The van der Waals surface area contributed by atoms with Crippen molar-refractivity contribution in [3.63, 3.8) is 0 Å². The summed E-state index contributed by atoms with van der Waals surface area (Å²) in [6.45, 7) is 7.46. The molecule has 0 bridgehead atoms. The van der Waals surface area contributed by atoms with Crippen molar-refractivity contribution in [2.75, 3.05) is 19.7 Å². The van der Waals surface area contributed by atoms with Crippen LogP contribution in [0.4, 0.5) is 0 Å². The van der Waals surface area contributed by atoms with Crippen molar-refractivity contribution in [2.45, 2.75) is 58.4 Å². The second-order valence-electron chi connectivity index (χ2n) is 6.30. The molecule has 1 aliphatic carbocycles. The first kappa shape index (κ1) is 12.4. The minimum absolute atomic E-state index is 0.227. The lowest BCUT2D eigenvalue weighted by Gasteiger charge is -2.41. The summed E-state index contributed by atoms with van der Waals surface area (Å²) in [5, 5.41) is 9.75. The molecule has 1 heterocycles. The van der Waals surface area contributed by atoms with Gasteiger partial charge in [0.1, 0.15) is 0 Å². The van der Waals surface area contributed by atoms with Crippen molar-refractivity contribution in [3.8, 4) is 0 Å². The molecule has 1 saturated carbocycles. The molecule has 2 nitrogen and oxygen atoms in total. The molecule has 2 heteroatoms. The van der Waals surface area contributed by atoms with Crippen LogP contribution in [-0.4, -0.2) is 35.7 Å². The molecule has 0 aromatic rings. The Bertz CT molecular complexity index is 221. The second kappa shape index (κ2) is 5.05. The summed E-state index contributed by atoms with van der Waals surface area (Å²) in [6.07, 6.45) is 7.77. The van der Waals surface area contributed by atoms with Crippen LogP contribution in [0.5, 0.6) is 0 Å². The summed E-state index contributed by atoms with van der Waals surface area (Å²) in [6, 6.07) is 0.739. The fraction of sp³-hybridized carbons (Fsp3) is 1.00. The normalized spacial score (nSPS) is 41.4. The number of rotatable bonds is 3. The first-order valence-corrected chi connectivity index (χ1v) is 7.00. The Labute approximate surface area is 100 Å². The molecular weight excluding hydrogens is 198 g/mol. The maximum atomic E-state index is 9.75.